The summed E-state index contributed by atoms with van der Waals surface area (Å²) in [4.78, 5) is 21.5. The first-order chi connectivity index (χ1) is 8.44. The summed E-state index contributed by atoms with van der Waals surface area (Å²) in [6, 6.07) is 2.16. The Hall–Kier alpha value is -1.85. The van der Waals surface area contributed by atoms with Crippen molar-refractivity contribution in [3.05, 3.63) is 11.8 Å². The van der Waals surface area contributed by atoms with Gasteiger partial charge in [-0.3, -0.25) is 4.79 Å². The molecular weight excluding hydrogens is 234 g/mol. The molecule has 98 valence electrons. The van der Waals surface area contributed by atoms with Crippen LogP contribution in [0, 0.1) is 12.3 Å². The minimum absolute atomic E-state index is 0.314. The fourth-order valence-electron chi connectivity index (χ4n) is 2.11. The lowest BCUT2D eigenvalue weighted by atomic mass is 9.90. The Morgan fingerprint density at radius 2 is 2.28 bits per heavy atom. The van der Waals surface area contributed by atoms with Crippen LogP contribution in [0.5, 0.6) is 6.01 Å². The largest absolute Gasteiger partial charge is 0.481 e. The second kappa shape index (κ2) is 4.44. The van der Waals surface area contributed by atoms with Gasteiger partial charge < -0.3 is 14.7 Å². The van der Waals surface area contributed by atoms with E-state index in [9.17, 15) is 9.90 Å². The van der Waals surface area contributed by atoms with Gasteiger partial charge in [0.25, 0.3) is 0 Å². The monoisotopic (exact) mass is 251 g/mol. The number of rotatable bonds is 3. The van der Waals surface area contributed by atoms with E-state index in [-0.39, 0.29) is 0 Å². The summed E-state index contributed by atoms with van der Waals surface area (Å²) in [7, 11) is 1.52. The van der Waals surface area contributed by atoms with Crippen molar-refractivity contribution in [1.29, 1.82) is 0 Å². The Labute approximate surface area is 106 Å². The van der Waals surface area contributed by atoms with Crippen molar-refractivity contribution >= 4 is 11.8 Å². The number of hydrogen-bond acceptors (Lipinski definition) is 5. The van der Waals surface area contributed by atoms with Crippen molar-refractivity contribution in [2.45, 2.75) is 20.3 Å². The van der Waals surface area contributed by atoms with Crippen molar-refractivity contribution in [3.8, 4) is 6.01 Å². The second-order valence-electron chi connectivity index (χ2n) is 4.89. The Balaban J connectivity index is 2.24. The predicted molar refractivity (Wildman–Crippen MR) is 65.9 cm³/mol. The van der Waals surface area contributed by atoms with Crippen molar-refractivity contribution in [1.82, 2.24) is 9.97 Å². The van der Waals surface area contributed by atoms with Crippen molar-refractivity contribution in [2.75, 3.05) is 25.1 Å². The molecule has 1 aromatic heterocycles. The number of anilines is 1. The summed E-state index contributed by atoms with van der Waals surface area (Å²) in [5.41, 5.74) is 0.104. The number of nitrogens with zero attached hydrogens (tertiary/aromatic N) is 3. The minimum Gasteiger partial charge on any atom is -0.481 e. The molecule has 0 amide bonds. The maximum absolute atomic E-state index is 11.2. The van der Waals surface area contributed by atoms with Crippen LogP contribution in [0.4, 0.5) is 5.82 Å². The zero-order chi connectivity index (χ0) is 13.3. The molecule has 0 aromatic carbocycles. The fourth-order valence-corrected chi connectivity index (χ4v) is 2.11. The number of carbonyl (C=O) groups is 1. The molecule has 2 heterocycles. The lowest BCUT2D eigenvalue weighted by molar-refractivity contribution is -0.146. The molecule has 6 heteroatoms. The number of methoxy groups -OCH3 is 1. The third-order valence-electron chi connectivity index (χ3n) is 3.32. The molecule has 6 nitrogen and oxygen atoms in total. The second-order valence-corrected chi connectivity index (χ2v) is 4.89. The third-order valence-corrected chi connectivity index (χ3v) is 3.32. The van der Waals surface area contributed by atoms with E-state index in [1.165, 1.54) is 7.11 Å². The van der Waals surface area contributed by atoms with Crippen LogP contribution in [0.15, 0.2) is 6.07 Å². The van der Waals surface area contributed by atoms with Gasteiger partial charge in [-0.1, -0.05) is 0 Å². The van der Waals surface area contributed by atoms with Gasteiger partial charge in [0.1, 0.15) is 5.82 Å². The highest BCUT2D eigenvalue weighted by atomic mass is 16.5. The number of aromatic nitrogens is 2. The Morgan fingerprint density at radius 1 is 1.56 bits per heavy atom. The van der Waals surface area contributed by atoms with Gasteiger partial charge in [0.2, 0.25) is 0 Å². The summed E-state index contributed by atoms with van der Waals surface area (Å²) in [6.07, 6.45) is 0.619. The maximum atomic E-state index is 11.2. The number of aryl methyl sites for hydroxylation is 1. The quantitative estimate of drug-likeness (QED) is 0.866. The number of carboxylic acid groups (broad SMARTS) is 1. The molecule has 1 N–H and O–H groups in total. The number of aliphatic carboxylic acids is 1. The molecule has 1 fully saturated rings. The molecule has 18 heavy (non-hydrogen) atoms. The highest BCUT2D eigenvalue weighted by Gasteiger charge is 2.41. The lowest BCUT2D eigenvalue weighted by Gasteiger charge is -2.21. The van der Waals surface area contributed by atoms with E-state index in [0.29, 0.717) is 25.5 Å². The van der Waals surface area contributed by atoms with Crippen LogP contribution in [-0.2, 0) is 4.79 Å². The number of carboxylic acids is 1. The van der Waals surface area contributed by atoms with Crippen LogP contribution in [-0.4, -0.2) is 41.2 Å². The summed E-state index contributed by atoms with van der Waals surface area (Å²) < 4.78 is 5.03. The topological polar surface area (TPSA) is 75.5 Å². The van der Waals surface area contributed by atoms with Gasteiger partial charge in [0, 0.05) is 24.8 Å². The molecule has 0 spiro atoms. The molecule has 1 aliphatic heterocycles. The first-order valence-corrected chi connectivity index (χ1v) is 5.83. The minimum atomic E-state index is -0.761. The van der Waals surface area contributed by atoms with Gasteiger partial charge >= 0.3 is 12.0 Å². The normalized spacial score (nSPS) is 23.2. The molecule has 0 bridgehead atoms. The van der Waals surface area contributed by atoms with Gasteiger partial charge in [-0.25, -0.2) is 4.98 Å². The fraction of sp³-hybridized carbons (Fsp3) is 0.583. The van der Waals surface area contributed by atoms with E-state index in [1.807, 2.05) is 17.9 Å². The highest BCUT2D eigenvalue weighted by molar-refractivity contribution is 5.76. The Bertz CT molecular complexity index is 478. The Kier molecular flexibility index (Phi) is 3.11. The van der Waals surface area contributed by atoms with Crippen molar-refractivity contribution < 1.29 is 14.6 Å². The first-order valence-electron chi connectivity index (χ1n) is 5.83. The van der Waals surface area contributed by atoms with Crippen LogP contribution in [0.1, 0.15) is 19.0 Å². The Morgan fingerprint density at radius 3 is 2.83 bits per heavy atom. The molecule has 1 aliphatic rings. The molecule has 2 rings (SSSR count). The van der Waals surface area contributed by atoms with E-state index in [0.717, 1.165) is 11.5 Å². The first kappa shape index (κ1) is 12.6. The summed E-state index contributed by atoms with van der Waals surface area (Å²) in [5, 5.41) is 9.21. The van der Waals surface area contributed by atoms with Gasteiger partial charge in [-0.05, 0) is 20.3 Å². The molecular formula is C12H17N3O3. The highest BCUT2D eigenvalue weighted by Crippen LogP contribution is 2.33. The van der Waals surface area contributed by atoms with Gasteiger partial charge in [0.15, 0.2) is 0 Å². The lowest BCUT2D eigenvalue weighted by Crippen LogP contribution is -2.32. The van der Waals surface area contributed by atoms with Crippen LogP contribution in [0.3, 0.4) is 0 Å². The van der Waals surface area contributed by atoms with E-state index in [4.69, 9.17) is 4.74 Å². The molecule has 1 unspecified atom stereocenters. The zero-order valence-electron chi connectivity index (χ0n) is 10.8. The van der Waals surface area contributed by atoms with Crippen LogP contribution in [0.25, 0.3) is 0 Å². The molecule has 1 atom stereocenters. The molecule has 0 radical (unpaired) electrons. The SMILES string of the molecule is COc1nc(C)cc(N2CCC(C)(C(=O)O)C2)n1. The molecule has 1 aromatic rings. The van der Waals surface area contributed by atoms with Crippen LogP contribution >= 0.6 is 0 Å². The van der Waals surface area contributed by atoms with Gasteiger partial charge in [-0.15, -0.1) is 0 Å². The standard InChI is InChI=1S/C12H17N3O3/c1-8-6-9(14-11(13-8)18-3)15-5-4-12(2,7-15)10(16)17/h6H,4-5,7H2,1-3H3,(H,16,17). The van der Waals surface area contributed by atoms with Crippen LogP contribution < -0.4 is 9.64 Å². The third kappa shape index (κ3) is 2.23. The average Bonchev–Trinajstić information content (AvgIpc) is 2.72. The van der Waals surface area contributed by atoms with E-state index in [2.05, 4.69) is 9.97 Å². The summed E-state index contributed by atoms with van der Waals surface area (Å²) in [6.45, 7) is 4.77. The molecule has 0 aliphatic carbocycles. The van der Waals surface area contributed by atoms with E-state index >= 15 is 0 Å². The van der Waals surface area contributed by atoms with Crippen molar-refractivity contribution in [3.63, 3.8) is 0 Å². The van der Waals surface area contributed by atoms with E-state index < -0.39 is 11.4 Å². The van der Waals surface area contributed by atoms with Crippen molar-refractivity contribution in [2.24, 2.45) is 5.41 Å². The molecule has 1 saturated heterocycles. The average molecular weight is 251 g/mol. The summed E-state index contributed by atoms with van der Waals surface area (Å²) >= 11 is 0. The van der Waals surface area contributed by atoms with Gasteiger partial charge in [-0.2, -0.15) is 4.98 Å². The smallest absolute Gasteiger partial charge is 0.318 e. The molecule has 0 saturated carbocycles. The number of hydrogen-bond donors (Lipinski definition) is 1. The van der Waals surface area contributed by atoms with E-state index in [1.54, 1.807) is 6.92 Å². The predicted octanol–water partition coefficient (Wildman–Crippen LogP) is 1.09. The maximum Gasteiger partial charge on any atom is 0.318 e. The van der Waals surface area contributed by atoms with Gasteiger partial charge in [0.05, 0.1) is 12.5 Å². The summed E-state index contributed by atoms with van der Waals surface area (Å²) in [5.74, 6) is -0.0351. The number of ether oxygens (including phenoxy) is 1. The zero-order valence-corrected chi connectivity index (χ0v) is 10.8. The van der Waals surface area contributed by atoms with Crippen LogP contribution in [0.2, 0.25) is 0 Å².